The van der Waals surface area contributed by atoms with Crippen molar-refractivity contribution in [3.63, 3.8) is 0 Å². The summed E-state index contributed by atoms with van der Waals surface area (Å²) in [4.78, 5) is 9.95. The van der Waals surface area contributed by atoms with Crippen LogP contribution in [0.4, 0.5) is 31.8 Å². The number of anilines is 4. The van der Waals surface area contributed by atoms with Gasteiger partial charge in [-0.2, -0.15) is 0 Å². The molecule has 0 bridgehead atoms. The first-order valence-electron chi connectivity index (χ1n) is 7.93. The summed E-state index contributed by atoms with van der Waals surface area (Å²) in [6.45, 7) is 1.84. The number of nitrogens with zero attached hydrogens (tertiary/aromatic N) is 2. The zero-order valence-corrected chi connectivity index (χ0v) is 15.4. The predicted octanol–water partition coefficient (Wildman–Crippen LogP) is 2.69. The normalized spacial score (nSPS) is 11.2. The largest absolute Gasteiger partial charge is 0.393 e. The molecule has 0 saturated carbocycles. The molecular weight excluding hydrogens is 390 g/mol. The molecule has 3 aromatic rings. The molecule has 0 aliphatic heterocycles. The van der Waals surface area contributed by atoms with Gasteiger partial charge < -0.3 is 11.1 Å². The Hall–Kier alpha value is -3.31. The number of nitrogens with two attached hydrogens (primary N) is 1. The standard InChI is InChI=1S/C17H16F2N6O2S/c1-10-2-5-12(6-3-10)28(26,27)25-24-17-15(20)16(21-9-22-17)23-14-7-4-11(18)8-13(14)19/h2-9,25H,20H2,1H3,(H2,21,22,23,24). The Bertz CT molecular complexity index is 1110. The van der Waals surface area contributed by atoms with Crippen molar-refractivity contribution in [2.75, 3.05) is 16.5 Å². The number of nitrogen functional groups attached to an aromatic ring is 1. The van der Waals surface area contributed by atoms with Crippen LogP contribution in [-0.4, -0.2) is 18.4 Å². The van der Waals surface area contributed by atoms with Gasteiger partial charge in [0.25, 0.3) is 10.0 Å². The molecule has 2 aromatic carbocycles. The molecule has 0 unspecified atom stereocenters. The quantitative estimate of drug-likeness (QED) is 0.464. The zero-order valence-electron chi connectivity index (χ0n) is 14.6. The van der Waals surface area contributed by atoms with Crippen LogP contribution in [0, 0.1) is 18.6 Å². The Balaban J connectivity index is 1.78. The molecule has 146 valence electrons. The molecule has 0 radical (unpaired) electrons. The van der Waals surface area contributed by atoms with E-state index in [0.717, 1.165) is 18.0 Å². The molecule has 1 heterocycles. The highest BCUT2D eigenvalue weighted by Crippen LogP contribution is 2.27. The Morgan fingerprint density at radius 1 is 1.00 bits per heavy atom. The fourth-order valence-electron chi connectivity index (χ4n) is 2.21. The number of sulfonamides is 1. The number of benzene rings is 2. The third-order valence-corrected chi connectivity index (χ3v) is 4.97. The van der Waals surface area contributed by atoms with Crippen molar-refractivity contribution in [2.24, 2.45) is 0 Å². The predicted molar refractivity (Wildman–Crippen MR) is 101 cm³/mol. The van der Waals surface area contributed by atoms with E-state index in [9.17, 15) is 17.2 Å². The number of hydrazine groups is 1. The van der Waals surface area contributed by atoms with Gasteiger partial charge >= 0.3 is 0 Å². The van der Waals surface area contributed by atoms with Crippen LogP contribution >= 0.6 is 0 Å². The van der Waals surface area contributed by atoms with Crippen LogP contribution in [0.15, 0.2) is 53.7 Å². The maximum Gasteiger partial charge on any atom is 0.257 e. The number of hydrogen-bond acceptors (Lipinski definition) is 7. The summed E-state index contributed by atoms with van der Waals surface area (Å²) >= 11 is 0. The van der Waals surface area contributed by atoms with E-state index in [4.69, 9.17) is 5.73 Å². The van der Waals surface area contributed by atoms with E-state index in [2.05, 4.69) is 25.5 Å². The SMILES string of the molecule is Cc1ccc(S(=O)(=O)NNc2ncnc(Nc3ccc(F)cc3F)c2N)cc1. The van der Waals surface area contributed by atoms with Gasteiger partial charge in [-0.15, -0.1) is 4.83 Å². The highest BCUT2D eigenvalue weighted by Gasteiger charge is 2.16. The Labute approximate surface area is 159 Å². The van der Waals surface area contributed by atoms with Crippen molar-refractivity contribution < 1.29 is 17.2 Å². The number of nitrogens with one attached hydrogen (secondary N) is 3. The number of hydrogen-bond donors (Lipinski definition) is 4. The second-order valence-electron chi connectivity index (χ2n) is 5.78. The van der Waals surface area contributed by atoms with Gasteiger partial charge in [-0.25, -0.2) is 27.2 Å². The lowest BCUT2D eigenvalue weighted by Crippen LogP contribution is -2.30. The number of halogens is 2. The minimum Gasteiger partial charge on any atom is -0.393 e. The van der Waals surface area contributed by atoms with E-state index < -0.39 is 21.7 Å². The monoisotopic (exact) mass is 406 g/mol. The smallest absolute Gasteiger partial charge is 0.257 e. The summed E-state index contributed by atoms with van der Waals surface area (Å²) in [5.41, 5.74) is 9.11. The Morgan fingerprint density at radius 2 is 1.68 bits per heavy atom. The molecule has 0 atom stereocenters. The van der Waals surface area contributed by atoms with E-state index in [1.807, 2.05) is 6.92 Å². The van der Waals surface area contributed by atoms with Crippen LogP contribution in [0.25, 0.3) is 0 Å². The average Bonchev–Trinajstić information content (AvgIpc) is 2.65. The number of rotatable bonds is 6. The third kappa shape index (κ3) is 4.32. The van der Waals surface area contributed by atoms with Crippen molar-refractivity contribution in [3.05, 3.63) is 66.0 Å². The van der Waals surface area contributed by atoms with Crippen LogP contribution in [0.1, 0.15) is 5.56 Å². The molecule has 0 aliphatic carbocycles. The molecule has 0 saturated heterocycles. The average molecular weight is 406 g/mol. The Morgan fingerprint density at radius 3 is 2.36 bits per heavy atom. The van der Waals surface area contributed by atoms with Crippen molar-refractivity contribution in [1.29, 1.82) is 0 Å². The van der Waals surface area contributed by atoms with Gasteiger partial charge in [0, 0.05) is 6.07 Å². The van der Waals surface area contributed by atoms with E-state index in [-0.39, 0.29) is 27.9 Å². The molecule has 11 heteroatoms. The zero-order chi connectivity index (χ0) is 20.3. The fraction of sp³-hybridized carbons (Fsp3) is 0.0588. The summed E-state index contributed by atoms with van der Waals surface area (Å²) < 4.78 is 51.4. The summed E-state index contributed by atoms with van der Waals surface area (Å²) in [6.07, 6.45) is 1.10. The maximum absolute atomic E-state index is 13.8. The number of aromatic nitrogens is 2. The van der Waals surface area contributed by atoms with E-state index in [1.54, 1.807) is 12.1 Å². The van der Waals surface area contributed by atoms with Gasteiger partial charge in [-0.1, -0.05) is 17.7 Å². The summed E-state index contributed by atoms with van der Waals surface area (Å²) in [7, 11) is -3.87. The second kappa shape index (κ2) is 7.74. The molecule has 28 heavy (non-hydrogen) atoms. The summed E-state index contributed by atoms with van der Waals surface area (Å²) in [6, 6.07) is 9.17. The van der Waals surface area contributed by atoms with Gasteiger partial charge in [-0.05, 0) is 31.2 Å². The van der Waals surface area contributed by atoms with Gasteiger partial charge in [0.1, 0.15) is 23.6 Å². The molecule has 1 aromatic heterocycles. The van der Waals surface area contributed by atoms with Crippen LogP contribution < -0.4 is 21.3 Å². The summed E-state index contributed by atoms with van der Waals surface area (Å²) in [5.74, 6) is -1.60. The second-order valence-corrected chi connectivity index (χ2v) is 7.46. The first-order chi connectivity index (χ1) is 13.3. The minimum absolute atomic E-state index is 0.0116. The van der Waals surface area contributed by atoms with Crippen molar-refractivity contribution >= 4 is 33.0 Å². The van der Waals surface area contributed by atoms with Crippen molar-refractivity contribution in [1.82, 2.24) is 14.8 Å². The molecular formula is C17H16F2N6O2S. The first-order valence-corrected chi connectivity index (χ1v) is 9.41. The van der Waals surface area contributed by atoms with E-state index in [0.29, 0.717) is 6.07 Å². The van der Waals surface area contributed by atoms with Crippen LogP contribution in [0.5, 0.6) is 0 Å². The first kappa shape index (κ1) is 19.5. The minimum atomic E-state index is -3.87. The van der Waals surface area contributed by atoms with Crippen LogP contribution in [-0.2, 0) is 10.0 Å². The van der Waals surface area contributed by atoms with Crippen molar-refractivity contribution in [3.8, 4) is 0 Å². The number of aryl methyl sites for hydroxylation is 1. The van der Waals surface area contributed by atoms with Crippen LogP contribution in [0.3, 0.4) is 0 Å². The maximum atomic E-state index is 13.8. The lowest BCUT2D eigenvalue weighted by atomic mass is 10.2. The Kier molecular flexibility index (Phi) is 5.38. The molecule has 0 spiro atoms. The molecule has 3 rings (SSSR count). The highest BCUT2D eigenvalue weighted by atomic mass is 32.2. The van der Waals surface area contributed by atoms with E-state index in [1.165, 1.54) is 18.2 Å². The van der Waals surface area contributed by atoms with Gasteiger partial charge in [-0.3, -0.25) is 5.43 Å². The van der Waals surface area contributed by atoms with E-state index >= 15 is 0 Å². The molecule has 8 nitrogen and oxygen atoms in total. The van der Waals surface area contributed by atoms with Gasteiger partial charge in [0.05, 0.1) is 10.6 Å². The molecule has 0 aliphatic rings. The lowest BCUT2D eigenvalue weighted by Gasteiger charge is -2.14. The molecule has 0 fully saturated rings. The van der Waals surface area contributed by atoms with Crippen LogP contribution in [0.2, 0.25) is 0 Å². The molecule has 0 amide bonds. The fourth-order valence-corrected chi connectivity index (χ4v) is 3.05. The third-order valence-electron chi connectivity index (χ3n) is 3.70. The summed E-state index contributed by atoms with van der Waals surface area (Å²) in [5, 5.41) is 2.61. The topological polar surface area (TPSA) is 122 Å². The van der Waals surface area contributed by atoms with Gasteiger partial charge in [0.2, 0.25) is 0 Å². The lowest BCUT2D eigenvalue weighted by molar-refractivity contribution is 0.585. The van der Waals surface area contributed by atoms with Gasteiger partial charge in [0.15, 0.2) is 11.6 Å². The molecule has 5 N–H and O–H groups in total. The van der Waals surface area contributed by atoms with Crippen molar-refractivity contribution in [2.45, 2.75) is 11.8 Å². The highest BCUT2D eigenvalue weighted by molar-refractivity contribution is 7.89.